The summed E-state index contributed by atoms with van der Waals surface area (Å²) in [6.07, 6.45) is 3.48. The van der Waals surface area contributed by atoms with Crippen LogP contribution in [0.3, 0.4) is 0 Å². The van der Waals surface area contributed by atoms with Crippen molar-refractivity contribution in [2.75, 3.05) is 12.4 Å². The Morgan fingerprint density at radius 2 is 2.00 bits per heavy atom. The van der Waals surface area contributed by atoms with Gasteiger partial charge >= 0.3 is 0 Å². The van der Waals surface area contributed by atoms with Gasteiger partial charge in [0.25, 0.3) is 0 Å². The topological polar surface area (TPSA) is 21.3 Å². The summed E-state index contributed by atoms with van der Waals surface area (Å²) in [5.41, 5.74) is 3.87. The van der Waals surface area contributed by atoms with E-state index in [1.54, 1.807) is 7.11 Å². The fourth-order valence-corrected chi connectivity index (χ4v) is 2.14. The molecule has 2 heteroatoms. The summed E-state index contributed by atoms with van der Waals surface area (Å²) in [6, 6.07) is 7.12. The minimum Gasteiger partial charge on any atom is -0.383 e. The average molecular weight is 235 g/mol. The fraction of sp³-hybridized carbons (Fsp3) is 0.600. The second-order valence-corrected chi connectivity index (χ2v) is 4.60. The van der Waals surface area contributed by atoms with Crippen LogP contribution in [0, 0.1) is 0 Å². The summed E-state index contributed by atoms with van der Waals surface area (Å²) in [5, 5.41) is 3.54. The van der Waals surface area contributed by atoms with E-state index in [2.05, 4.69) is 44.3 Å². The van der Waals surface area contributed by atoms with Gasteiger partial charge in [-0.05, 0) is 43.0 Å². The van der Waals surface area contributed by atoms with Crippen LogP contribution in [0.4, 0.5) is 5.69 Å². The van der Waals surface area contributed by atoms with Crippen molar-refractivity contribution in [1.82, 2.24) is 0 Å². The van der Waals surface area contributed by atoms with Crippen molar-refractivity contribution in [2.24, 2.45) is 0 Å². The van der Waals surface area contributed by atoms with Gasteiger partial charge in [0.05, 0.1) is 6.61 Å². The number of anilines is 1. The third-order valence-corrected chi connectivity index (χ3v) is 3.02. The molecule has 96 valence electrons. The van der Waals surface area contributed by atoms with E-state index in [0.29, 0.717) is 12.6 Å². The number of benzene rings is 1. The molecule has 0 radical (unpaired) electrons. The van der Waals surface area contributed by atoms with Gasteiger partial charge in [0, 0.05) is 18.8 Å². The molecule has 17 heavy (non-hydrogen) atoms. The Bertz CT molecular complexity index is 336. The van der Waals surface area contributed by atoms with Gasteiger partial charge in [0.1, 0.15) is 0 Å². The number of ether oxygens (including phenoxy) is 1. The molecular weight excluding hydrogens is 210 g/mol. The molecule has 0 aliphatic carbocycles. The number of hydrogen-bond acceptors (Lipinski definition) is 2. The zero-order valence-electron chi connectivity index (χ0n) is 11.5. The van der Waals surface area contributed by atoms with E-state index in [1.165, 1.54) is 29.7 Å². The van der Waals surface area contributed by atoms with Crippen LogP contribution in [0.25, 0.3) is 0 Å². The third-order valence-electron chi connectivity index (χ3n) is 3.02. The number of nitrogens with one attached hydrogen (secondary N) is 1. The van der Waals surface area contributed by atoms with Crippen molar-refractivity contribution in [3.05, 3.63) is 29.3 Å². The Balaban J connectivity index is 2.76. The van der Waals surface area contributed by atoms with Gasteiger partial charge in [-0.2, -0.15) is 0 Å². The quantitative estimate of drug-likeness (QED) is 0.771. The van der Waals surface area contributed by atoms with Crippen LogP contribution in [0.15, 0.2) is 18.2 Å². The van der Waals surface area contributed by atoms with Gasteiger partial charge in [-0.25, -0.2) is 0 Å². The highest BCUT2D eigenvalue weighted by Crippen LogP contribution is 2.19. The Kier molecular flexibility index (Phi) is 6.06. The zero-order valence-corrected chi connectivity index (χ0v) is 11.5. The molecule has 0 fully saturated rings. The largest absolute Gasteiger partial charge is 0.383 e. The predicted octanol–water partition coefficient (Wildman–Crippen LogP) is 4.00. The molecule has 0 bridgehead atoms. The van der Waals surface area contributed by atoms with Crippen LogP contribution in [-0.2, 0) is 17.8 Å². The van der Waals surface area contributed by atoms with Gasteiger partial charge < -0.3 is 10.1 Å². The predicted molar refractivity (Wildman–Crippen MR) is 74.5 cm³/mol. The average Bonchev–Trinajstić information content (AvgIpc) is 2.30. The summed E-state index contributed by atoms with van der Waals surface area (Å²) in [5.74, 6) is 0. The molecule has 0 aromatic heterocycles. The van der Waals surface area contributed by atoms with E-state index in [1.807, 2.05) is 0 Å². The molecule has 1 aromatic carbocycles. The summed E-state index contributed by atoms with van der Waals surface area (Å²) in [7, 11) is 1.75. The van der Waals surface area contributed by atoms with Crippen molar-refractivity contribution in [2.45, 2.75) is 52.7 Å². The lowest BCUT2D eigenvalue weighted by Crippen LogP contribution is -2.14. The van der Waals surface area contributed by atoms with Crippen LogP contribution in [0.2, 0.25) is 0 Å². The molecular formula is C15H25NO. The van der Waals surface area contributed by atoms with Crippen molar-refractivity contribution < 1.29 is 4.74 Å². The number of aryl methyl sites for hydroxylation is 1. The van der Waals surface area contributed by atoms with Crippen LogP contribution in [0.5, 0.6) is 0 Å². The molecule has 0 saturated heterocycles. The minimum absolute atomic E-state index is 0.530. The first-order valence-corrected chi connectivity index (χ1v) is 6.58. The molecule has 1 unspecified atom stereocenters. The molecule has 0 heterocycles. The summed E-state index contributed by atoms with van der Waals surface area (Å²) in [4.78, 5) is 0. The Hall–Kier alpha value is -1.02. The molecule has 0 spiro atoms. The van der Waals surface area contributed by atoms with Crippen LogP contribution in [-0.4, -0.2) is 13.2 Å². The molecule has 2 nitrogen and oxygen atoms in total. The van der Waals surface area contributed by atoms with Crippen molar-refractivity contribution in [1.29, 1.82) is 0 Å². The lowest BCUT2D eigenvalue weighted by atomic mass is 10.0. The molecule has 1 N–H and O–H groups in total. The Morgan fingerprint density at radius 3 is 2.59 bits per heavy atom. The molecule has 1 aromatic rings. The molecule has 0 aliphatic rings. The highest BCUT2D eigenvalue weighted by Gasteiger charge is 2.05. The third kappa shape index (κ3) is 4.39. The van der Waals surface area contributed by atoms with E-state index in [0.717, 1.165) is 6.42 Å². The van der Waals surface area contributed by atoms with Crippen molar-refractivity contribution >= 4 is 5.69 Å². The summed E-state index contributed by atoms with van der Waals surface area (Å²) < 4.78 is 5.25. The molecule has 1 rings (SSSR count). The monoisotopic (exact) mass is 235 g/mol. The molecule has 0 saturated carbocycles. The van der Waals surface area contributed by atoms with Crippen molar-refractivity contribution in [3.8, 4) is 0 Å². The maximum absolute atomic E-state index is 5.25. The molecule has 1 atom stereocenters. The van der Waals surface area contributed by atoms with E-state index in [4.69, 9.17) is 4.74 Å². The van der Waals surface area contributed by atoms with Gasteiger partial charge in [-0.1, -0.05) is 26.3 Å². The lowest BCUT2D eigenvalue weighted by molar-refractivity contribution is 0.184. The van der Waals surface area contributed by atoms with Crippen LogP contribution in [0.1, 0.15) is 44.7 Å². The first kappa shape index (κ1) is 14.0. The molecule has 0 amide bonds. The van der Waals surface area contributed by atoms with Gasteiger partial charge in [0.2, 0.25) is 0 Å². The standard InChI is InChI=1S/C15H25NO/c1-5-7-12(3)16-15-9-8-13(6-2)14(10-15)11-17-4/h8-10,12,16H,5-7,11H2,1-4H3. The number of methoxy groups -OCH3 is 1. The molecule has 0 aliphatic heterocycles. The highest BCUT2D eigenvalue weighted by atomic mass is 16.5. The van der Waals surface area contributed by atoms with E-state index < -0.39 is 0 Å². The first-order valence-electron chi connectivity index (χ1n) is 6.58. The number of hydrogen-bond donors (Lipinski definition) is 1. The second-order valence-electron chi connectivity index (χ2n) is 4.60. The van der Waals surface area contributed by atoms with E-state index in [-0.39, 0.29) is 0 Å². The lowest BCUT2D eigenvalue weighted by Gasteiger charge is -2.16. The van der Waals surface area contributed by atoms with Crippen LogP contribution >= 0.6 is 0 Å². The Labute approximate surface area is 105 Å². The minimum atomic E-state index is 0.530. The van der Waals surface area contributed by atoms with E-state index >= 15 is 0 Å². The van der Waals surface area contributed by atoms with Crippen LogP contribution < -0.4 is 5.32 Å². The summed E-state index contributed by atoms with van der Waals surface area (Å²) in [6.45, 7) is 7.32. The van der Waals surface area contributed by atoms with Gasteiger partial charge in [0.15, 0.2) is 0 Å². The highest BCUT2D eigenvalue weighted by molar-refractivity contribution is 5.49. The van der Waals surface area contributed by atoms with Crippen molar-refractivity contribution in [3.63, 3.8) is 0 Å². The normalized spacial score (nSPS) is 12.5. The van der Waals surface area contributed by atoms with E-state index in [9.17, 15) is 0 Å². The number of rotatable bonds is 7. The maximum atomic E-state index is 5.25. The summed E-state index contributed by atoms with van der Waals surface area (Å²) >= 11 is 0. The fourth-order valence-electron chi connectivity index (χ4n) is 2.14. The second kappa shape index (κ2) is 7.33. The smallest absolute Gasteiger partial charge is 0.0716 e. The van der Waals surface area contributed by atoms with Gasteiger partial charge in [-0.3, -0.25) is 0 Å². The maximum Gasteiger partial charge on any atom is 0.0716 e. The Morgan fingerprint density at radius 1 is 1.24 bits per heavy atom. The zero-order chi connectivity index (χ0) is 12.7. The SMILES string of the molecule is CCCC(C)Nc1ccc(CC)c(COC)c1. The van der Waals surface area contributed by atoms with Gasteiger partial charge in [-0.15, -0.1) is 0 Å². The first-order chi connectivity index (χ1) is 8.21.